The average molecular weight is 290 g/mol. The zero-order valence-electron chi connectivity index (χ0n) is 12.7. The largest absolute Gasteiger partial charge is 0.480 e. The Kier molecular flexibility index (Phi) is 4.50. The molecule has 0 saturated heterocycles. The summed E-state index contributed by atoms with van der Waals surface area (Å²) in [6.45, 7) is 5.85. The molecular formula is C16H22N2O3. The predicted octanol–water partition coefficient (Wildman–Crippen LogP) is 2.65. The first kappa shape index (κ1) is 15.4. The van der Waals surface area contributed by atoms with Crippen LogP contribution in [0.4, 0.5) is 10.5 Å². The Morgan fingerprint density at radius 3 is 2.67 bits per heavy atom. The van der Waals surface area contributed by atoms with E-state index in [1.807, 2.05) is 45.0 Å². The number of fused-ring (bicyclic) bond motifs is 1. The van der Waals surface area contributed by atoms with Crippen LogP contribution in [0, 0.1) is 5.92 Å². The minimum absolute atomic E-state index is 0.0379. The Morgan fingerprint density at radius 1 is 1.38 bits per heavy atom. The molecule has 21 heavy (non-hydrogen) atoms. The van der Waals surface area contributed by atoms with Gasteiger partial charge < -0.3 is 10.4 Å². The number of rotatable bonds is 4. The van der Waals surface area contributed by atoms with Crippen LogP contribution in [0.25, 0.3) is 0 Å². The topological polar surface area (TPSA) is 69.6 Å². The molecule has 0 fully saturated rings. The molecule has 2 atom stereocenters. The number of hydrogen-bond acceptors (Lipinski definition) is 2. The van der Waals surface area contributed by atoms with Crippen LogP contribution in [0.3, 0.4) is 0 Å². The predicted molar refractivity (Wildman–Crippen MR) is 81.5 cm³/mol. The number of carboxylic acid groups (broad SMARTS) is 1. The molecule has 0 aromatic heterocycles. The summed E-state index contributed by atoms with van der Waals surface area (Å²) >= 11 is 0. The summed E-state index contributed by atoms with van der Waals surface area (Å²) in [5, 5.41) is 11.9. The highest BCUT2D eigenvalue weighted by molar-refractivity contribution is 5.96. The van der Waals surface area contributed by atoms with Gasteiger partial charge in [-0.15, -0.1) is 0 Å². The second-order valence-electron chi connectivity index (χ2n) is 6.02. The fraction of sp³-hybridized carbons (Fsp3) is 0.500. The number of para-hydroxylation sites is 1. The van der Waals surface area contributed by atoms with Crippen molar-refractivity contribution in [3.8, 4) is 0 Å². The monoisotopic (exact) mass is 290 g/mol. The van der Waals surface area contributed by atoms with Crippen LogP contribution in [0.5, 0.6) is 0 Å². The number of carbonyl (C=O) groups excluding carboxylic acids is 1. The highest BCUT2D eigenvalue weighted by Gasteiger charge is 2.32. The highest BCUT2D eigenvalue weighted by atomic mass is 16.4. The Morgan fingerprint density at radius 2 is 2.05 bits per heavy atom. The smallest absolute Gasteiger partial charge is 0.326 e. The molecule has 1 aromatic rings. The van der Waals surface area contributed by atoms with Gasteiger partial charge in [0.15, 0.2) is 0 Å². The zero-order valence-corrected chi connectivity index (χ0v) is 12.7. The van der Waals surface area contributed by atoms with Gasteiger partial charge in [-0.05, 0) is 37.3 Å². The molecule has 0 bridgehead atoms. The number of nitrogens with zero attached hydrogens (tertiary/aromatic N) is 1. The van der Waals surface area contributed by atoms with E-state index in [1.165, 1.54) is 0 Å². The van der Waals surface area contributed by atoms with Gasteiger partial charge in [0, 0.05) is 11.7 Å². The Balaban J connectivity index is 2.14. The Hall–Kier alpha value is -2.04. The van der Waals surface area contributed by atoms with Crippen LogP contribution in [-0.4, -0.2) is 29.2 Å². The van der Waals surface area contributed by atoms with Crippen molar-refractivity contribution in [1.82, 2.24) is 5.32 Å². The molecule has 2 rings (SSSR count). The van der Waals surface area contributed by atoms with Crippen molar-refractivity contribution < 1.29 is 14.7 Å². The maximum Gasteiger partial charge on any atom is 0.326 e. The molecular weight excluding hydrogens is 268 g/mol. The van der Waals surface area contributed by atoms with E-state index in [-0.39, 0.29) is 18.0 Å². The molecule has 1 unspecified atom stereocenters. The standard InChI is InChI=1S/C16H22N2O3/c1-10(2)8-13(15(19)20)17-16(21)18-11(3)9-12-6-4-5-7-14(12)18/h4-7,10-11,13H,8-9H2,1-3H3,(H,17,21)(H,19,20)/t11?,13-/m1/s1. The van der Waals surface area contributed by atoms with Crippen molar-refractivity contribution in [3.63, 3.8) is 0 Å². The van der Waals surface area contributed by atoms with Crippen LogP contribution < -0.4 is 10.2 Å². The van der Waals surface area contributed by atoms with Gasteiger partial charge in [0.05, 0.1) is 0 Å². The van der Waals surface area contributed by atoms with Gasteiger partial charge in [-0.25, -0.2) is 9.59 Å². The fourth-order valence-electron chi connectivity index (χ4n) is 2.79. The van der Waals surface area contributed by atoms with E-state index in [9.17, 15) is 14.7 Å². The van der Waals surface area contributed by atoms with Crippen LogP contribution in [-0.2, 0) is 11.2 Å². The van der Waals surface area contributed by atoms with Crippen molar-refractivity contribution in [3.05, 3.63) is 29.8 Å². The van der Waals surface area contributed by atoms with E-state index in [0.717, 1.165) is 17.7 Å². The van der Waals surface area contributed by atoms with Crippen molar-refractivity contribution in [1.29, 1.82) is 0 Å². The van der Waals surface area contributed by atoms with Crippen molar-refractivity contribution in [2.45, 2.75) is 45.7 Å². The lowest BCUT2D eigenvalue weighted by Gasteiger charge is -2.26. The maximum absolute atomic E-state index is 12.5. The maximum atomic E-state index is 12.5. The highest BCUT2D eigenvalue weighted by Crippen LogP contribution is 2.31. The van der Waals surface area contributed by atoms with Crippen molar-refractivity contribution >= 4 is 17.7 Å². The number of anilines is 1. The number of carbonyl (C=O) groups is 2. The van der Waals surface area contributed by atoms with Gasteiger partial charge in [0.25, 0.3) is 0 Å². The molecule has 0 aliphatic carbocycles. The van der Waals surface area contributed by atoms with Gasteiger partial charge in [-0.3, -0.25) is 4.90 Å². The average Bonchev–Trinajstić information content (AvgIpc) is 2.73. The molecule has 0 radical (unpaired) electrons. The molecule has 0 spiro atoms. The van der Waals surface area contributed by atoms with Crippen LogP contribution in [0.2, 0.25) is 0 Å². The lowest BCUT2D eigenvalue weighted by molar-refractivity contribution is -0.139. The molecule has 5 nitrogen and oxygen atoms in total. The second-order valence-corrected chi connectivity index (χ2v) is 6.02. The van der Waals surface area contributed by atoms with Crippen molar-refractivity contribution in [2.75, 3.05) is 4.90 Å². The molecule has 1 aliphatic rings. The van der Waals surface area contributed by atoms with Crippen molar-refractivity contribution in [2.24, 2.45) is 5.92 Å². The van der Waals surface area contributed by atoms with Crippen LogP contribution >= 0.6 is 0 Å². The molecule has 2 amide bonds. The van der Waals surface area contributed by atoms with Gasteiger partial charge in [-0.1, -0.05) is 32.0 Å². The summed E-state index contributed by atoms with van der Waals surface area (Å²) in [6, 6.07) is 6.60. The number of hydrogen-bond donors (Lipinski definition) is 2. The number of benzene rings is 1. The first-order chi connectivity index (χ1) is 9.90. The molecule has 0 saturated carbocycles. The normalized spacial score (nSPS) is 18.5. The molecule has 114 valence electrons. The number of nitrogens with one attached hydrogen (secondary N) is 1. The summed E-state index contributed by atoms with van der Waals surface area (Å²) in [4.78, 5) is 25.4. The van der Waals surface area contributed by atoms with Gasteiger partial charge in [-0.2, -0.15) is 0 Å². The third kappa shape index (κ3) is 3.35. The molecule has 1 heterocycles. The third-order valence-corrected chi connectivity index (χ3v) is 3.73. The molecule has 2 N–H and O–H groups in total. The number of carboxylic acids is 1. The second kappa shape index (κ2) is 6.16. The number of urea groups is 1. The Labute approximate surface area is 125 Å². The third-order valence-electron chi connectivity index (χ3n) is 3.73. The van der Waals surface area contributed by atoms with Crippen LogP contribution in [0.1, 0.15) is 32.8 Å². The fourth-order valence-corrected chi connectivity index (χ4v) is 2.79. The van der Waals surface area contributed by atoms with E-state index in [0.29, 0.717) is 6.42 Å². The molecule has 1 aliphatic heterocycles. The van der Waals surface area contributed by atoms with E-state index in [1.54, 1.807) is 4.90 Å². The summed E-state index contributed by atoms with van der Waals surface area (Å²) in [5.41, 5.74) is 1.99. The molecule has 1 aromatic carbocycles. The Bertz CT molecular complexity index is 542. The summed E-state index contributed by atoms with van der Waals surface area (Å²) in [6.07, 6.45) is 1.22. The lowest BCUT2D eigenvalue weighted by atomic mass is 10.0. The molecule has 5 heteroatoms. The lowest BCUT2D eigenvalue weighted by Crippen LogP contribution is -2.50. The first-order valence-corrected chi connectivity index (χ1v) is 7.30. The summed E-state index contributed by atoms with van der Waals surface area (Å²) in [5.74, 6) is -0.785. The van der Waals surface area contributed by atoms with Gasteiger partial charge >= 0.3 is 12.0 Å². The van der Waals surface area contributed by atoms with Crippen LogP contribution in [0.15, 0.2) is 24.3 Å². The quantitative estimate of drug-likeness (QED) is 0.895. The van der Waals surface area contributed by atoms with E-state index < -0.39 is 12.0 Å². The van der Waals surface area contributed by atoms with Gasteiger partial charge in [0.2, 0.25) is 0 Å². The number of aliphatic carboxylic acids is 1. The SMILES string of the molecule is CC(C)C[C@@H](NC(=O)N1c2ccccc2CC1C)C(=O)O. The number of amides is 2. The summed E-state index contributed by atoms with van der Waals surface area (Å²) in [7, 11) is 0. The van der Waals surface area contributed by atoms with E-state index >= 15 is 0 Å². The van der Waals surface area contributed by atoms with Gasteiger partial charge in [0.1, 0.15) is 6.04 Å². The van der Waals surface area contributed by atoms with E-state index in [2.05, 4.69) is 5.32 Å². The first-order valence-electron chi connectivity index (χ1n) is 7.30. The minimum atomic E-state index is -0.989. The van der Waals surface area contributed by atoms with E-state index in [4.69, 9.17) is 0 Å². The zero-order chi connectivity index (χ0) is 15.6. The minimum Gasteiger partial charge on any atom is -0.480 e. The summed E-state index contributed by atoms with van der Waals surface area (Å²) < 4.78 is 0.